The molecule has 0 bridgehead atoms. The maximum Gasteiger partial charge on any atom is 0.317 e. The minimum absolute atomic E-state index is 0.0523. The van der Waals surface area contributed by atoms with Gasteiger partial charge in [0.1, 0.15) is 0 Å². The highest BCUT2D eigenvalue weighted by atomic mass is 16.4. The Morgan fingerprint density at radius 2 is 2.10 bits per heavy atom. The molecule has 118 valence electrons. The summed E-state index contributed by atoms with van der Waals surface area (Å²) in [7, 11) is 0. The van der Waals surface area contributed by atoms with Crippen LogP contribution in [0.25, 0.3) is 0 Å². The van der Waals surface area contributed by atoms with Gasteiger partial charge in [-0.15, -0.1) is 0 Å². The van der Waals surface area contributed by atoms with Gasteiger partial charge in [0.05, 0.1) is 12.5 Å². The molecule has 0 unspecified atom stereocenters. The van der Waals surface area contributed by atoms with E-state index in [1.165, 1.54) is 0 Å². The fourth-order valence-electron chi connectivity index (χ4n) is 2.49. The van der Waals surface area contributed by atoms with E-state index in [2.05, 4.69) is 11.4 Å². The van der Waals surface area contributed by atoms with Crippen molar-refractivity contribution >= 4 is 12.0 Å². The zero-order valence-corrected chi connectivity index (χ0v) is 12.8. The Balaban J connectivity index is 2.46. The summed E-state index contributed by atoms with van der Waals surface area (Å²) in [5.41, 5.74) is 0. The maximum absolute atomic E-state index is 12.2. The van der Waals surface area contributed by atoms with Crippen LogP contribution >= 0.6 is 0 Å². The molecule has 1 rings (SSSR count). The van der Waals surface area contributed by atoms with Crippen LogP contribution in [-0.4, -0.2) is 41.1 Å². The van der Waals surface area contributed by atoms with Crippen LogP contribution in [-0.2, 0) is 4.79 Å². The second-order valence-electron chi connectivity index (χ2n) is 6.11. The first-order valence-electron chi connectivity index (χ1n) is 7.57. The van der Waals surface area contributed by atoms with Crippen molar-refractivity contribution in [1.29, 1.82) is 5.26 Å². The molecule has 0 aliphatic heterocycles. The van der Waals surface area contributed by atoms with Crippen LogP contribution < -0.4 is 5.32 Å². The van der Waals surface area contributed by atoms with Crippen LogP contribution in [0.1, 0.15) is 46.0 Å². The third-order valence-corrected chi connectivity index (χ3v) is 3.52. The lowest BCUT2D eigenvalue weighted by Gasteiger charge is -2.24. The van der Waals surface area contributed by atoms with Crippen LogP contribution in [0.15, 0.2) is 0 Å². The maximum atomic E-state index is 12.2. The topological polar surface area (TPSA) is 93.4 Å². The number of carbonyl (C=O) groups excluding carboxylic acids is 1. The standard InChI is InChI=1S/C15H25N3O3/c1-11(2)8-12(9-14(19)20)10-17-15(21)18(7-3-6-16)13-4-5-13/h11-13H,3-5,7-10H2,1-2H3,(H,17,21)(H,19,20)/t12-/m0/s1. The summed E-state index contributed by atoms with van der Waals surface area (Å²) in [6, 6.07) is 2.13. The summed E-state index contributed by atoms with van der Waals surface area (Å²) in [6.07, 6.45) is 3.15. The molecule has 0 saturated heterocycles. The quantitative estimate of drug-likeness (QED) is 0.682. The van der Waals surface area contributed by atoms with Crippen LogP contribution in [0.5, 0.6) is 0 Å². The van der Waals surface area contributed by atoms with E-state index in [9.17, 15) is 9.59 Å². The number of nitrogens with one attached hydrogen (secondary N) is 1. The highest BCUT2D eigenvalue weighted by Crippen LogP contribution is 2.27. The first-order chi connectivity index (χ1) is 9.93. The van der Waals surface area contributed by atoms with Crippen molar-refractivity contribution in [1.82, 2.24) is 10.2 Å². The van der Waals surface area contributed by atoms with E-state index in [-0.39, 0.29) is 24.4 Å². The van der Waals surface area contributed by atoms with Crippen LogP contribution in [0.3, 0.4) is 0 Å². The van der Waals surface area contributed by atoms with Crippen LogP contribution in [0.2, 0.25) is 0 Å². The van der Waals surface area contributed by atoms with E-state index in [4.69, 9.17) is 10.4 Å². The van der Waals surface area contributed by atoms with Crippen LogP contribution in [0.4, 0.5) is 4.79 Å². The van der Waals surface area contributed by atoms with E-state index in [1.54, 1.807) is 4.90 Å². The summed E-state index contributed by atoms with van der Waals surface area (Å²) in [4.78, 5) is 24.7. The van der Waals surface area contributed by atoms with Crippen molar-refractivity contribution in [2.75, 3.05) is 13.1 Å². The van der Waals surface area contributed by atoms with Gasteiger partial charge < -0.3 is 15.3 Å². The molecule has 1 saturated carbocycles. The Morgan fingerprint density at radius 1 is 1.43 bits per heavy atom. The number of nitrogens with zero attached hydrogens (tertiary/aromatic N) is 2. The number of hydrogen-bond acceptors (Lipinski definition) is 3. The number of carbonyl (C=O) groups is 2. The summed E-state index contributed by atoms with van der Waals surface area (Å²) in [5.74, 6) is -0.494. The molecule has 6 nitrogen and oxygen atoms in total. The SMILES string of the molecule is CC(C)C[C@H](CNC(=O)N(CCC#N)C1CC1)CC(=O)O. The highest BCUT2D eigenvalue weighted by Gasteiger charge is 2.32. The van der Waals surface area contributed by atoms with Crippen LogP contribution in [0, 0.1) is 23.2 Å². The molecule has 6 heteroatoms. The molecule has 1 atom stereocenters. The lowest BCUT2D eigenvalue weighted by molar-refractivity contribution is -0.138. The average molecular weight is 295 g/mol. The Kier molecular flexibility index (Phi) is 7.00. The Labute approximate surface area is 126 Å². The van der Waals surface area contributed by atoms with Crippen molar-refractivity contribution in [2.45, 2.75) is 52.0 Å². The molecule has 1 aliphatic carbocycles. The highest BCUT2D eigenvalue weighted by molar-refractivity contribution is 5.75. The molecule has 21 heavy (non-hydrogen) atoms. The molecule has 0 aromatic heterocycles. The average Bonchev–Trinajstić information content (AvgIpc) is 3.19. The zero-order chi connectivity index (χ0) is 15.8. The molecule has 2 N–H and O–H groups in total. The monoisotopic (exact) mass is 295 g/mol. The van der Waals surface area contributed by atoms with Gasteiger partial charge in [-0.3, -0.25) is 4.79 Å². The fourth-order valence-corrected chi connectivity index (χ4v) is 2.49. The van der Waals surface area contributed by atoms with Gasteiger partial charge in [-0.25, -0.2) is 4.79 Å². The molecule has 0 aromatic rings. The van der Waals surface area contributed by atoms with E-state index in [0.29, 0.717) is 25.4 Å². The molecule has 1 aliphatic rings. The summed E-state index contributed by atoms with van der Waals surface area (Å²) in [6.45, 7) is 4.90. The van der Waals surface area contributed by atoms with E-state index in [0.717, 1.165) is 19.3 Å². The third-order valence-electron chi connectivity index (χ3n) is 3.52. The predicted molar refractivity (Wildman–Crippen MR) is 78.6 cm³/mol. The van der Waals surface area contributed by atoms with Gasteiger partial charge in [0.15, 0.2) is 0 Å². The summed E-state index contributed by atoms with van der Waals surface area (Å²) in [5, 5.41) is 20.4. The number of hydrogen-bond donors (Lipinski definition) is 2. The lowest BCUT2D eigenvalue weighted by Crippen LogP contribution is -2.43. The van der Waals surface area contributed by atoms with Gasteiger partial charge in [-0.1, -0.05) is 13.8 Å². The number of aliphatic carboxylic acids is 1. The lowest BCUT2D eigenvalue weighted by atomic mass is 9.94. The van der Waals surface area contributed by atoms with Crippen molar-refractivity contribution in [2.24, 2.45) is 11.8 Å². The largest absolute Gasteiger partial charge is 0.481 e. The first-order valence-corrected chi connectivity index (χ1v) is 7.57. The molecule has 0 heterocycles. The van der Waals surface area contributed by atoms with E-state index >= 15 is 0 Å². The second kappa shape index (κ2) is 8.50. The molecular formula is C15H25N3O3. The minimum Gasteiger partial charge on any atom is -0.481 e. The number of nitriles is 1. The predicted octanol–water partition coefficient (Wildman–Crippen LogP) is 2.21. The van der Waals surface area contributed by atoms with Gasteiger partial charge in [0.25, 0.3) is 0 Å². The molecule has 1 fully saturated rings. The van der Waals surface area contributed by atoms with E-state index < -0.39 is 5.97 Å². The molecule has 0 aromatic carbocycles. The van der Waals surface area contributed by atoms with Crippen molar-refractivity contribution in [3.05, 3.63) is 0 Å². The van der Waals surface area contributed by atoms with Gasteiger partial charge in [-0.2, -0.15) is 5.26 Å². The summed E-state index contributed by atoms with van der Waals surface area (Å²) >= 11 is 0. The van der Waals surface area contributed by atoms with Gasteiger partial charge >= 0.3 is 12.0 Å². The normalized spacial score (nSPS) is 15.3. The van der Waals surface area contributed by atoms with Crippen molar-refractivity contribution in [3.63, 3.8) is 0 Å². The van der Waals surface area contributed by atoms with Crippen molar-refractivity contribution in [3.8, 4) is 6.07 Å². The molecule has 0 spiro atoms. The summed E-state index contributed by atoms with van der Waals surface area (Å²) < 4.78 is 0. The number of amides is 2. The number of carboxylic acid groups (broad SMARTS) is 1. The van der Waals surface area contributed by atoms with E-state index in [1.807, 2.05) is 13.8 Å². The van der Waals surface area contributed by atoms with Gasteiger partial charge in [0, 0.05) is 25.6 Å². The fraction of sp³-hybridized carbons (Fsp3) is 0.800. The molecule has 2 amide bonds. The van der Waals surface area contributed by atoms with Gasteiger partial charge in [-0.05, 0) is 31.1 Å². The van der Waals surface area contributed by atoms with Gasteiger partial charge in [0.2, 0.25) is 0 Å². The number of rotatable bonds is 9. The second-order valence-corrected chi connectivity index (χ2v) is 6.11. The smallest absolute Gasteiger partial charge is 0.317 e. The molecule has 0 radical (unpaired) electrons. The van der Waals surface area contributed by atoms with Crippen molar-refractivity contribution < 1.29 is 14.7 Å². The number of urea groups is 1. The number of carboxylic acids is 1. The minimum atomic E-state index is -0.835. The zero-order valence-electron chi connectivity index (χ0n) is 12.8. The molecular weight excluding hydrogens is 270 g/mol. The third kappa shape index (κ3) is 6.98. The first kappa shape index (κ1) is 17.3. The Hall–Kier alpha value is -1.77. The Bertz CT molecular complexity index is 399. The Morgan fingerprint density at radius 3 is 2.57 bits per heavy atom.